The van der Waals surface area contributed by atoms with Crippen molar-refractivity contribution >= 4 is 11.6 Å². The molecule has 2 aliphatic rings. The summed E-state index contributed by atoms with van der Waals surface area (Å²) in [5.74, 6) is 0.152. The molecule has 2 heterocycles. The lowest BCUT2D eigenvalue weighted by molar-refractivity contribution is -0.121. The van der Waals surface area contributed by atoms with Crippen molar-refractivity contribution in [3.63, 3.8) is 0 Å². The summed E-state index contributed by atoms with van der Waals surface area (Å²) in [6.07, 6.45) is 3.09. The maximum Gasteiger partial charge on any atom is 0.224 e. The lowest BCUT2D eigenvalue weighted by Gasteiger charge is -2.26. The fourth-order valence-electron chi connectivity index (χ4n) is 2.66. The van der Waals surface area contributed by atoms with Gasteiger partial charge in [0.2, 0.25) is 5.91 Å². The quantitative estimate of drug-likeness (QED) is 0.770. The molecule has 1 N–H and O–H groups in total. The predicted octanol–water partition coefficient (Wildman–Crippen LogP) is 1.46. The molecule has 1 aromatic rings. The third-order valence-corrected chi connectivity index (χ3v) is 3.51. The van der Waals surface area contributed by atoms with Crippen LogP contribution in [0.15, 0.2) is 18.2 Å². The lowest BCUT2D eigenvalue weighted by atomic mass is 9.98. The average Bonchev–Trinajstić information content (AvgIpc) is 2.81. The number of hydrogen-bond donors (Lipinski definition) is 1. The van der Waals surface area contributed by atoms with Crippen molar-refractivity contribution in [3.05, 3.63) is 29.3 Å². The lowest BCUT2D eigenvalue weighted by Crippen LogP contribution is -2.32. The Bertz CT molecular complexity index is 422. The molecule has 1 fully saturated rings. The van der Waals surface area contributed by atoms with Crippen LogP contribution in [0.25, 0.3) is 0 Å². The number of carbonyl (C=O) groups is 1. The van der Waals surface area contributed by atoms with Crippen LogP contribution in [-0.2, 0) is 17.8 Å². The highest BCUT2D eigenvalue weighted by molar-refractivity contribution is 5.83. The minimum Gasteiger partial charge on any atom is -0.371 e. The van der Waals surface area contributed by atoms with Crippen LogP contribution in [0, 0.1) is 0 Å². The van der Waals surface area contributed by atoms with Crippen molar-refractivity contribution in [2.24, 2.45) is 0 Å². The van der Waals surface area contributed by atoms with Crippen LogP contribution >= 0.6 is 0 Å². The molecule has 0 spiro atoms. The largest absolute Gasteiger partial charge is 0.371 e. The molecular formula is C13H16N2O. The van der Waals surface area contributed by atoms with Crippen LogP contribution in [0.5, 0.6) is 0 Å². The summed E-state index contributed by atoms with van der Waals surface area (Å²) in [6, 6.07) is 6.38. The zero-order valence-electron chi connectivity index (χ0n) is 9.33. The van der Waals surface area contributed by atoms with E-state index in [2.05, 4.69) is 28.4 Å². The van der Waals surface area contributed by atoms with Crippen LogP contribution in [0.2, 0.25) is 0 Å². The number of fused-ring (bicyclic) bond motifs is 1. The van der Waals surface area contributed by atoms with Gasteiger partial charge in [-0.15, -0.1) is 0 Å². The van der Waals surface area contributed by atoms with E-state index in [0.29, 0.717) is 13.0 Å². The summed E-state index contributed by atoms with van der Waals surface area (Å²) >= 11 is 0. The van der Waals surface area contributed by atoms with Gasteiger partial charge in [-0.05, 0) is 30.0 Å². The first-order valence-corrected chi connectivity index (χ1v) is 5.97. The van der Waals surface area contributed by atoms with E-state index in [0.717, 1.165) is 13.1 Å². The molecule has 1 saturated heterocycles. The standard InChI is InChI=1S/C13H16N2O/c16-13-8-11-10(9-14-13)4-3-5-12(11)15-6-1-2-7-15/h3-5H,1-2,6-9H2,(H,14,16). The molecule has 3 rings (SSSR count). The van der Waals surface area contributed by atoms with Crippen LogP contribution in [0.4, 0.5) is 5.69 Å². The van der Waals surface area contributed by atoms with Gasteiger partial charge < -0.3 is 10.2 Å². The van der Waals surface area contributed by atoms with Gasteiger partial charge in [0.05, 0.1) is 6.42 Å². The number of benzene rings is 1. The highest BCUT2D eigenvalue weighted by Gasteiger charge is 2.22. The average molecular weight is 216 g/mol. The van der Waals surface area contributed by atoms with E-state index < -0.39 is 0 Å². The van der Waals surface area contributed by atoms with E-state index in [1.807, 2.05) is 0 Å². The zero-order valence-corrected chi connectivity index (χ0v) is 9.33. The smallest absolute Gasteiger partial charge is 0.224 e. The molecule has 1 amide bonds. The fourth-order valence-corrected chi connectivity index (χ4v) is 2.66. The van der Waals surface area contributed by atoms with E-state index in [1.54, 1.807) is 0 Å². The molecule has 0 aromatic heterocycles. The predicted molar refractivity (Wildman–Crippen MR) is 63.4 cm³/mol. The summed E-state index contributed by atoms with van der Waals surface area (Å²) < 4.78 is 0. The highest BCUT2D eigenvalue weighted by atomic mass is 16.1. The summed E-state index contributed by atoms with van der Waals surface area (Å²) in [5, 5.41) is 2.90. The Labute approximate surface area is 95.4 Å². The molecule has 0 atom stereocenters. The monoisotopic (exact) mass is 216 g/mol. The first-order chi connectivity index (χ1) is 7.84. The van der Waals surface area contributed by atoms with Crippen molar-refractivity contribution < 1.29 is 4.79 Å². The topological polar surface area (TPSA) is 32.3 Å². The van der Waals surface area contributed by atoms with Gasteiger partial charge in [0.15, 0.2) is 0 Å². The number of nitrogens with zero attached hydrogens (tertiary/aromatic N) is 1. The Morgan fingerprint density at radius 1 is 1.19 bits per heavy atom. The van der Waals surface area contributed by atoms with Gasteiger partial charge in [0, 0.05) is 25.3 Å². The molecule has 0 aliphatic carbocycles. The van der Waals surface area contributed by atoms with Gasteiger partial charge in [-0.1, -0.05) is 12.1 Å². The highest BCUT2D eigenvalue weighted by Crippen LogP contribution is 2.29. The van der Waals surface area contributed by atoms with E-state index in [9.17, 15) is 4.79 Å². The fraction of sp³-hybridized carbons (Fsp3) is 0.462. The minimum atomic E-state index is 0.152. The Balaban J connectivity index is 2.01. The summed E-state index contributed by atoms with van der Waals surface area (Å²) in [6.45, 7) is 2.96. The van der Waals surface area contributed by atoms with Crippen molar-refractivity contribution in [3.8, 4) is 0 Å². The second kappa shape index (κ2) is 3.81. The van der Waals surface area contributed by atoms with Gasteiger partial charge in [-0.25, -0.2) is 0 Å². The first-order valence-electron chi connectivity index (χ1n) is 5.97. The van der Waals surface area contributed by atoms with Gasteiger partial charge in [-0.3, -0.25) is 4.79 Å². The van der Waals surface area contributed by atoms with E-state index in [1.165, 1.54) is 29.7 Å². The SMILES string of the molecule is O=C1Cc2c(cccc2N2CCCC2)CN1. The summed E-state index contributed by atoms with van der Waals surface area (Å²) in [7, 11) is 0. The second-order valence-corrected chi connectivity index (χ2v) is 4.56. The number of carbonyl (C=O) groups excluding carboxylic acids is 1. The maximum atomic E-state index is 11.5. The van der Waals surface area contributed by atoms with Crippen LogP contribution < -0.4 is 10.2 Å². The Morgan fingerprint density at radius 2 is 2.00 bits per heavy atom. The molecule has 16 heavy (non-hydrogen) atoms. The Hall–Kier alpha value is -1.51. The Morgan fingerprint density at radius 3 is 2.81 bits per heavy atom. The minimum absolute atomic E-state index is 0.152. The van der Waals surface area contributed by atoms with Crippen LogP contribution in [-0.4, -0.2) is 19.0 Å². The van der Waals surface area contributed by atoms with E-state index in [4.69, 9.17) is 0 Å². The van der Waals surface area contributed by atoms with Gasteiger partial charge in [0.1, 0.15) is 0 Å². The normalized spacial score (nSPS) is 19.5. The van der Waals surface area contributed by atoms with E-state index in [-0.39, 0.29) is 5.91 Å². The van der Waals surface area contributed by atoms with Crippen molar-refractivity contribution in [2.75, 3.05) is 18.0 Å². The molecule has 0 unspecified atom stereocenters. The van der Waals surface area contributed by atoms with Crippen molar-refractivity contribution in [2.45, 2.75) is 25.8 Å². The number of nitrogens with one attached hydrogen (secondary N) is 1. The molecular weight excluding hydrogens is 200 g/mol. The molecule has 0 saturated carbocycles. The second-order valence-electron chi connectivity index (χ2n) is 4.56. The maximum absolute atomic E-state index is 11.5. The molecule has 84 valence electrons. The first kappa shape index (κ1) is 9.70. The number of hydrogen-bond acceptors (Lipinski definition) is 2. The molecule has 0 radical (unpaired) electrons. The number of rotatable bonds is 1. The molecule has 0 bridgehead atoms. The van der Waals surface area contributed by atoms with Gasteiger partial charge in [0.25, 0.3) is 0 Å². The van der Waals surface area contributed by atoms with Crippen LogP contribution in [0.1, 0.15) is 24.0 Å². The Kier molecular flexibility index (Phi) is 2.31. The van der Waals surface area contributed by atoms with E-state index >= 15 is 0 Å². The number of anilines is 1. The molecule has 3 nitrogen and oxygen atoms in total. The van der Waals surface area contributed by atoms with Crippen molar-refractivity contribution in [1.29, 1.82) is 0 Å². The van der Waals surface area contributed by atoms with Crippen LogP contribution in [0.3, 0.4) is 0 Å². The number of amides is 1. The molecule has 2 aliphatic heterocycles. The third-order valence-electron chi connectivity index (χ3n) is 3.51. The van der Waals surface area contributed by atoms with Crippen molar-refractivity contribution in [1.82, 2.24) is 5.32 Å². The summed E-state index contributed by atoms with van der Waals surface area (Å²) in [4.78, 5) is 13.9. The molecule has 1 aromatic carbocycles. The van der Waals surface area contributed by atoms with Gasteiger partial charge >= 0.3 is 0 Å². The summed E-state index contributed by atoms with van der Waals surface area (Å²) in [5.41, 5.74) is 3.81. The third kappa shape index (κ3) is 1.56. The molecule has 3 heteroatoms. The zero-order chi connectivity index (χ0) is 11.0. The van der Waals surface area contributed by atoms with Gasteiger partial charge in [-0.2, -0.15) is 0 Å².